The third kappa shape index (κ3) is 6.68. The Bertz CT molecular complexity index is 761. The standard InChI is InChI=1S/C28H41OSi/c1-9-10-11-12-13-14-15-26(8)29-30(27-22(4)16-20(2)17-23(27)5)28-24(6)18-21(3)19-25(28)7/h14-19,26H,9-13H2,1-8H3/q-1/b15-14+. The Morgan fingerprint density at radius 1 is 0.767 bits per heavy atom. The lowest BCUT2D eigenvalue weighted by Gasteiger charge is -2.41. The van der Waals surface area contributed by atoms with Crippen LogP contribution in [0.5, 0.6) is 0 Å². The number of hydrogen-bond acceptors (Lipinski definition) is 1. The van der Waals surface area contributed by atoms with E-state index in [4.69, 9.17) is 4.43 Å². The summed E-state index contributed by atoms with van der Waals surface area (Å²) in [4.78, 5) is 0. The van der Waals surface area contributed by atoms with Crippen molar-refractivity contribution in [1.29, 1.82) is 0 Å². The fourth-order valence-electron chi connectivity index (χ4n) is 4.52. The highest BCUT2D eigenvalue weighted by Crippen LogP contribution is 2.14. The van der Waals surface area contributed by atoms with Crippen molar-refractivity contribution in [2.45, 2.75) is 93.6 Å². The fraction of sp³-hybridized carbons (Fsp3) is 0.500. The molecule has 0 aliphatic heterocycles. The summed E-state index contributed by atoms with van der Waals surface area (Å²) >= 11 is 0. The van der Waals surface area contributed by atoms with Gasteiger partial charge in [0.25, 0.3) is 0 Å². The molecule has 0 radical (unpaired) electrons. The van der Waals surface area contributed by atoms with Gasteiger partial charge in [-0.05, 0) is 61.3 Å². The minimum Gasteiger partial charge on any atom is -0.554 e. The molecule has 0 aliphatic rings. The normalized spacial score (nSPS) is 12.5. The molecule has 0 aromatic heterocycles. The van der Waals surface area contributed by atoms with Crippen LogP contribution < -0.4 is 10.4 Å². The molecule has 164 valence electrons. The maximum atomic E-state index is 6.87. The molecule has 0 bridgehead atoms. The number of unbranched alkanes of at least 4 members (excludes halogenated alkanes) is 4. The van der Waals surface area contributed by atoms with Gasteiger partial charge in [-0.3, -0.25) is 0 Å². The van der Waals surface area contributed by atoms with Crippen LogP contribution in [-0.4, -0.2) is 15.1 Å². The smallest absolute Gasteiger partial charge is 0.0337 e. The Hall–Kier alpha value is -1.64. The number of allylic oxidation sites excluding steroid dienone is 1. The van der Waals surface area contributed by atoms with Gasteiger partial charge in [-0.15, -0.1) is 9.04 Å². The van der Waals surface area contributed by atoms with E-state index >= 15 is 0 Å². The largest absolute Gasteiger partial charge is 0.554 e. The van der Waals surface area contributed by atoms with Crippen LogP contribution in [0, 0.1) is 41.5 Å². The van der Waals surface area contributed by atoms with Gasteiger partial charge in [-0.25, -0.2) is 0 Å². The van der Waals surface area contributed by atoms with Gasteiger partial charge in [0.05, 0.1) is 0 Å². The quantitative estimate of drug-likeness (QED) is 0.239. The number of hydrogen-bond donors (Lipinski definition) is 0. The Balaban J connectivity index is 2.36. The van der Waals surface area contributed by atoms with Crippen molar-refractivity contribution in [3.8, 4) is 0 Å². The molecule has 1 atom stereocenters. The van der Waals surface area contributed by atoms with Gasteiger partial charge >= 0.3 is 0 Å². The second kappa shape index (κ2) is 11.7. The number of rotatable bonds is 10. The summed E-state index contributed by atoms with van der Waals surface area (Å²) in [6.07, 6.45) is 11.1. The first-order valence-electron chi connectivity index (χ1n) is 11.6. The molecule has 0 aliphatic carbocycles. The van der Waals surface area contributed by atoms with E-state index in [-0.39, 0.29) is 6.10 Å². The second-order valence-corrected chi connectivity index (χ2v) is 10.9. The highest BCUT2D eigenvalue weighted by molar-refractivity contribution is 6.81. The van der Waals surface area contributed by atoms with Crippen LogP contribution >= 0.6 is 0 Å². The molecular formula is C28H41OSi-. The van der Waals surface area contributed by atoms with Crippen LogP contribution in [0.25, 0.3) is 0 Å². The van der Waals surface area contributed by atoms with Crippen LogP contribution in [0.4, 0.5) is 0 Å². The third-order valence-corrected chi connectivity index (χ3v) is 8.84. The van der Waals surface area contributed by atoms with Crippen LogP contribution in [0.1, 0.15) is 79.3 Å². The van der Waals surface area contributed by atoms with Gasteiger partial charge in [-0.2, -0.15) is 10.4 Å². The molecule has 2 rings (SSSR count). The van der Waals surface area contributed by atoms with Crippen LogP contribution in [0.3, 0.4) is 0 Å². The summed E-state index contributed by atoms with van der Waals surface area (Å²) in [6.45, 7) is 17.8. The minimum absolute atomic E-state index is 0.116. The van der Waals surface area contributed by atoms with Crippen molar-refractivity contribution in [3.05, 3.63) is 69.8 Å². The van der Waals surface area contributed by atoms with Gasteiger partial charge in [0.1, 0.15) is 0 Å². The van der Waals surface area contributed by atoms with Crippen molar-refractivity contribution in [2.75, 3.05) is 0 Å². The lowest BCUT2D eigenvalue weighted by molar-refractivity contribution is 0.282. The van der Waals surface area contributed by atoms with Crippen molar-refractivity contribution in [3.63, 3.8) is 0 Å². The Morgan fingerprint density at radius 3 is 1.67 bits per heavy atom. The molecule has 0 fully saturated rings. The highest BCUT2D eigenvalue weighted by atomic mass is 28.3. The highest BCUT2D eigenvalue weighted by Gasteiger charge is 2.13. The average Bonchev–Trinajstić information content (AvgIpc) is 2.62. The monoisotopic (exact) mass is 421 g/mol. The van der Waals surface area contributed by atoms with E-state index < -0.39 is 9.04 Å². The predicted molar refractivity (Wildman–Crippen MR) is 135 cm³/mol. The summed E-state index contributed by atoms with van der Waals surface area (Å²) in [6, 6.07) is 9.24. The first-order valence-corrected chi connectivity index (χ1v) is 13.0. The molecule has 0 saturated heterocycles. The molecule has 2 heteroatoms. The van der Waals surface area contributed by atoms with E-state index in [0.717, 1.165) is 6.42 Å². The van der Waals surface area contributed by atoms with E-state index in [1.165, 1.54) is 69.4 Å². The Morgan fingerprint density at radius 2 is 1.23 bits per heavy atom. The third-order valence-electron chi connectivity index (χ3n) is 5.74. The lowest BCUT2D eigenvalue weighted by Crippen LogP contribution is -2.51. The van der Waals surface area contributed by atoms with E-state index in [1.807, 2.05) is 0 Å². The number of benzene rings is 2. The van der Waals surface area contributed by atoms with Crippen molar-refractivity contribution >= 4 is 19.4 Å². The molecule has 1 nitrogen and oxygen atoms in total. The molecule has 0 spiro atoms. The van der Waals surface area contributed by atoms with Gasteiger partial charge in [0.2, 0.25) is 0 Å². The topological polar surface area (TPSA) is 9.23 Å². The molecule has 30 heavy (non-hydrogen) atoms. The maximum Gasteiger partial charge on any atom is 0.0337 e. The maximum absolute atomic E-state index is 6.87. The fourth-order valence-corrected chi connectivity index (χ4v) is 7.18. The van der Waals surface area contributed by atoms with Crippen molar-refractivity contribution in [2.24, 2.45) is 0 Å². The zero-order valence-electron chi connectivity index (χ0n) is 20.5. The molecule has 0 N–H and O–H groups in total. The summed E-state index contributed by atoms with van der Waals surface area (Å²) < 4.78 is 6.87. The van der Waals surface area contributed by atoms with Gasteiger partial charge in [0, 0.05) is 6.10 Å². The molecule has 2 aromatic rings. The summed E-state index contributed by atoms with van der Waals surface area (Å²) in [7, 11) is -1.35. The van der Waals surface area contributed by atoms with Crippen molar-refractivity contribution < 1.29 is 4.43 Å². The summed E-state index contributed by atoms with van der Waals surface area (Å²) in [5.41, 5.74) is 8.08. The molecule has 2 aromatic carbocycles. The minimum atomic E-state index is -1.35. The van der Waals surface area contributed by atoms with Crippen LogP contribution in [-0.2, 0) is 4.43 Å². The van der Waals surface area contributed by atoms with Crippen molar-refractivity contribution in [1.82, 2.24) is 0 Å². The first kappa shape index (κ1) is 24.6. The van der Waals surface area contributed by atoms with Crippen LogP contribution in [0.15, 0.2) is 36.4 Å². The van der Waals surface area contributed by atoms with E-state index in [1.54, 1.807) is 0 Å². The van der Waals surface area contributed by atoms with E-state index in [0.29, 0.717) is 0 Å². The predicted octanol–water partition coefficient (Wildman–Crippen LogP) is 6.57. The van der Waals surface area contributed by atoms with Gasteiger partial charge < -0.3 is 4.43 Å². The van der Waals surface area contributed by atoms with E-state index in [9.17, 15) is 0 Å². The molecule has 0 saturated carbocycles. The zero-order chi connectivity index (χ0) is 22.3. The zero-order valence-corrected chi connectivity index (χ0v) is 21.5. The first-order chi connectivity index (χ1) is 14.2. The number of aryl methyl sites for hydroxylation is 6. The molecule has 0 amide bonds. The molecule has 1 unspecified atom stereocenters. The Kier molecular flexibility index (Phi) is 9.58. The SMILES string of the molecule is CCCCCC/C=C/C(C)O[Si-](c1c(C)cc(C)cc1C)c1c(C)cc(C)cc1C. The molecule has 0 heterocycles. The average molecular weight is 422 g/mol. The summed E-state index contributed by atoms with van der Waals surface area (Å²) in [5.74, 6) is 0. The lowest BCUT2D eigenvalue weighted by atomic mass is 10.1. The second-order valence-electron chi connectivity index (χ2n) is 8.98. The summed E-state index contributed by atoms with van der Waals surface area (Å²) in [5, 5.41) is 2.84. The van der Waals surface area contributed by atoms with E-state index in [2.05, 4.69) is 91.8 Å². The van der Waals surface area contributed by atoms with Gasteiger partial charge in [0.15, 0.2) is 0 Å². The van der Waals surface area contributed by atoms with Crippen LogP contribution in [0.2, 0.25) is 0 Å². The Labute approximate surface area is 187 Å². The molecular weight excluding hydrogens is 380 g/mol. The van der Waals surface area contributed by atoms with Gasteiger partial charge in [-0.1, -0.05) is 96.0 Å².